The van der Waals surface area contributed by atoms with E-state index >= 15 is 0 Å². The van der Waals surface area contributed by atoms with Crippen molar-refractivity contribution >= 4 is 45.0 Å². The van der Waals surface area contributed by atoms with Gasteiger partial charge in [0.1, 0.15) is 24.0 Å². The molecule has 17 heteroatoms. The van der Waals surface area contributed by atoms with Gasteiger partial charge in [0.05, 0.1) is 23.2 Å². The van der Waals surface area contributed by atoms with E-state index < -0.39 is 66.0 Å². The summed E-state index contributed by atoms with van der Waals surface area (Å²) in [7, 11) is 0. The molecule has 312 valence electrons. The molecular formula is C43H37F7N6O4. The highest BCUT2D eigenvalue weighted by molar-refractivity contribution is 5.98. The number of nitrogens with zero attached hydrogens (tertiary/aromatic N) is 4. The van der Waals surface area contributed by atoms with Crippen molar-refractivity contribution in [2.75, 3.05) is 10.6 Å². The maximum atomic E-state index is 13.8. The van der Waals surface area contributed by atoms with Gasteiger partial charge in [-0.3, -0.25) is 19.6 Å². The fourth-order valence-corrected chi connectivity index (χ4v) is 6.76. The average molecular weight is 835 g/mol. The minimum Gasteiger partial charge on any atom is -0.380 e. The molecule has 4 aromatic heterocycles. The van der Waals surface area contributed by atoms with Crippen molar-refractivity contribution in [1.82, 2.24) is 19.9 Å². The lowest BCUT2D eigenvalue weighted by atomic mass is 9.93. The number of pyridine rings is 4. The molecule has 2 amide bonds. The molecule has 0 unspecified atom stereocenters. The number of nitrogens with one attached hydrogen (secondary N) is 2. The van der Waals surface area contributed by atoms with Gasteiger partial charge in [0, 0.05) is 53.6 Å². The van der Waals surface area contributed by atoms with Gasteiger partial charge in [-0.15, -0.1) is 0 Å². The maximum Gasteiger partial charge on any atom is 0.420 e. The number of alkyl halides is 7. The first-order valence-electron chi connectivity index (χ1n) is 18.7. The smallest absolute Gasteiger partial charge is 0.380 e. The Morgan fingerprint density at radius 1 is 0.633 bits per heavy atom. The zero-order valence-corrected chi connectivity index (χ0v) is 32.1. The number of amides is 2. The first kappa shape index (κ1) is 42.1. The Hall–Kier alpha value is -6.07. The van der Waals surface area contributed by atoms with Crippen molar-refractivity contribution in [3.63, 3.8) is 0 Å². The summed E-state index contributed by atoms with van der Waals surface area (Å²) in [6, 6.07) is 16.7. The molecule has 10 nitrogen and oxygen atoms in total. The molecule has 2 saturated carbocycles. The van der Waals surface area contributed by atoms with Crippen LogP contribution in [0.1, 0.15) is 54.5 Å². The third-order valence-electron chi connectivity index (χ3n) is 10.3. The molecule has 0 spiro atoms. The number of aryl methyl sites for hydroxylation is 2. The summed E-state index contributed by atoms with van der Waals surface area (Å²) >= 11 is 0. The molecule has 2 aromatic carbocycles. The Morgan fingerprint density at radius 3 is 1.40 bits per heavy atom. The van der Waals surface area contributed by atoms with E-state index in [1.54, 1.807) is 80.7 Å². The highest BCUT2D eigenvalue weighted by Gasteiger charge is 2.45. The topological polar surface area (TPSA) is 150 Å². The van der Waals surface area contributed by atoms with Gasteiger partial charge in [0.25, 0.3) is 5.92 Å². The predicted octanol–water partition coefficient (Wildman–Crippen LogP) is 9.09. The molecule has 6 atom stereocenters. The average Bonchev–Trinajstić information content (AvgIpc) is 4.13. The number of aromatic nitrogens is 4. The third-order valence-corrected chi connectivity index (χ3v) is 10.3. The Bertz CT molecular complexity index is 2440. The van der Waals surface area contributed by atoms with E-state index in [2.05, 4.69) is 30.6 Å². The van der Waals surface area contributed by atoms with Crippen molar-refractivity contribution in [3.8, 4) is 22.3 Å². The number of carbonyl (C=O) groups is 2. The van der Waals surface area contributed by atoms with Gasteiger partial charge in [-0.05, 0) is 96.1 Å². The summed E-state index contributed by atoms with van der Waals surface area (Å²) in [4.78, 5) is 39.9. The number of anilines is 2. The molecule has 8 rings (SSSR count). The van der Waals surface area contributed by atoms with Crippen molar-refractivity contribution in [3.05, 3.63) is 108 Å². The lowest BCUT2D eigenvalue weighted by molar-refractivity contribution is -0.207. The fourth-order valence-electron chi connectivity index (χ4n) is 6.76. The fraction of sp³-hybridized carbons (Fsp3) is 0.302. The van der Waals surface area contributed by atoms with Gasteiger partial charge in [0.15, 0.2) is 12.2 Å². The third kappa shape index (κ3) is 9.06. The van der Waals surface area contributed by atoms with Crippen LogP contribution in [0.25, 0.3) is 43.8 Å². The van der Waals surface area contributed by atoms with E-state index in [-0.39, 0.29) is 29.9 Å². The van der Waals surface area contributed by atoms with Crippen LogP contribution in [0.4, 0.5) is 42.4 Å². The summed E-state index contributed by atoms with van der Waals surface area (Å²) in [6.45, 7) is 4.05. The van der Waals surface area contributed by atoms with Crippen molar-refractivity contribution in [1.29, 1.82) is 0 Å². The van der Waals surface area contributed by atoms with E-state index in [0.717, 1.165) is 5.39 Å². The monoisotopic (exact) mass is 834 g/mol. The number of carbonyl (C=O) groups excluding carboxylic acids is 2. The first-order chi connectivity index (χ1) is 28.3. The summed E-state index contributed by atoms with van der Waals surface area (Å²) in [6.07, 6.45) is -5.72. The summed E-state index contributed by atoms with van der Waals surface area (Å²) in [5, 5.41) is 27.9. The number of hydrogen-bond donors (Lipinski definition) is 4. The second-order valence-corrected chi connectivity index (χ2v) is 15.0. The van der Waals surface area contributed by atoms with Crippen LogP contribution in [0.15, 0.2) is 85.5 Å². The van der Waals surface area contributed by atoms with E-state index in [1.807, 2.05) is 0 Å². The van der Waals surface area contributed by atoms with E-state index in [9.17, 15) is 50.5 Å². The van der Waals surface area contributed by atoms with Crippen molar-refractivity contribution < 1.29 is 50.5 Å². The largest absolute Gasteiger partial charge is 0.420 e. The number of fused-ring (bicyclic) bond motifs is 2. The standard InChI is InChI=1S/C22H20F3N3O2.C21H17F4N3O2/c1-11-5-6-26-19(20(29)22(2,24)25)18(11)13-4-3-12-8-17(27-10-14(12)7-13)28-21(30)15-9-16(15)23;1-10-4-5-26-18(19(29)21(23,24)25)17(10)12-3-2-11-7-16(27-9-13(11)6-12)28-20(30)14-8-15(14)22/h3-8,10,15-16,20,29H,9H2,1-2H3,(H,27,28,30);2-7,9,14-15,19,29H,8H2,1H3,(H,27,28,30)/t15-,16+,20+;14-,15+,19-/m11/s1. The molecular weight excluding hydrogens is 797 g/mol. The normalized spacial score (nSPS) is 19.5. The second-order valence-electron chi connectivity index (χ2n) is 15.0. The molecule has 0 radical (unpaired) electrons. The molecule has 0 saturated heterocycles. The first-order valence-corrected chi connectivity index (χ1v) is 18.7. The Kier molecular flexibility index (Phi) is 11.3. The number of hydrogen-bond acceptors (Lipinski definition) is 8. The minimum atomic E-state index is -4.85. The number of halogens is 7. The van der Waals surface area contributed by atoms with Crippen LogP contribution in [0.3, 0.4) is 0 Å². The summed E-state index contributed by atoms with van der Waals surface area (Å²) in [5.74, 6) is -4.83. The highest BCUT2D eigenvalue weighted by atomic mass is 19.4. The number of benzene rings is 2. The Labute approximate surface area is 337 Å². The van der Waals surface area contributed by atoms with Crippen LogP contribution in [-0.4, -0.2) is 66.4 Å². The van der Waals surface area contributed by atoms with Gasteiger partial charge in [-0.25, -0.2) is 27.5 Å². The molecule has 0 aliphatic heterocycles. The molecule has 2 aliphatic rings. The lowest BCUT2D eigenvalue weighted by Crippen LogP contribution is -2.23. The van der Waals surface area contributed by atoms with Crippen molar-refractivity contribution in [2.45, 2.75) is 70.3 Å². The van der Waals surface area contributed by atoms with Gasteiger partial charge in [0.2, 0.25) is 11.8 Å². The highest BCUT2D eigenvalue weighted by Crippen LogP contribution is 2.41. The van der Waals surface area contributed by atoms with Gasteiger partial charge < -0.3 is 20.8 Å². The molecule has 6 aromatic rings. The number of aliphatic hydroxyl groups excluding tert-OH is 2. The Balaban J connectivity index is 0.000000181. The van der Waals surface area contributed by atoms with Crippen LogP contribution in [0.2, 0.25) is 0 Å². The molecule has 2 aliphatic carbocycles. The second kappa shape index (κ2) is 16.2. The van der Waals surface area contributed by atoms with E-state index in [4.69, 9.17) is 0 Å². The Morgan fingerprint density at radius 2 is 1.03 bits per heavy atom. The van der Waals surface area contributed by atoms with Gasteiger partial charge in [-0.2, -0.15) is 13.2 Å². The van der Waals surface area contributed by atoms with Crippen molar-refractivity contribution in [2.24, 2.45) is 11.8 Å². The zero-order chi connectivity index (χ0) is 43.3. The molecule has 4 heterocycles. The van der Waals surface area contributed by atoms with Crippen LogP contribution < -0.4 is 10.6 Å². The minimum absolute atomic E-state index is 0.0936. The molecule has 60 heavy (non-hydrogen) atoms. The van der Waals surface area contributed by atoms with Crippen LogP contribution in [-0.2, 0) is 9.59 Å². The summed E-state index contributed by atoms with van der Waals surface area (Å²) in [5.41, 5.74) is 2.37. The predicted molar refractivity (Wildman–Crippen MR) is 209 cm³/mol. The maximum absolute atomic E-state index is 13.8. The quantitative estimate of drug-likeness (QED) is 0.105. The van der Waals surface area contributed by atoms with Crippen LogP contribution in [0, 0.1) is 25.7 Å². The molecule has 0 bridgehead atoms. The molecule has 2 fully saturated rings. The van der Waals surface area contributed by atoms with E-state index in [1.165, 1.54) is 18.6 Å². The number of rotatable bonds is 9. The lowest BCUT2D eigenvalue weighted by Gasteiger charge is -2.21. The number of aliphatic hydroxyl groups is 2. The van der Waals surface area contributed by atoms with E-state index in [0.29, 0.717) is 56.7 Å². The van der Waals surface area contributed by atoms with Crippen LogP contribution >= 0.6 is 0 Å². The van der Waals surface area contributed by atoms with Crippen LogP contribution in [0.5, 0.6) is 0 Å². The van der Waals surface area contributed by atoms with Gasteiger partial charge >= 0.3 is 6.18 Å². The summed E-state index contributed by atoms with van der Waals surface area (Å²) < 4.78 is 92.8. The zero-order valence-electron chi connectivity index (χ0n) is 32.1. The van der Waals surface area contributed by atoms with Gasteiger partial charge in [-0.1, -0.05) is 24.3 Å². The SMILES string of the molecule is Cc1ccnc([C@@H](O)C(F)(F)F)c1-c1ccc2cc(NC(=O)[C@@H]3C[C@@H]3F)ncc2c1.Cc1ccnc([C@H](O)C(C)(F)F)c1-c1ccc2cc(NC(=O)[C@@H]3C[C@@H]3F)ncc2c1. The molecule has 4 N–H and O–H groups in total.